The van der Waals surface area contributed by atoms with Crippen molar-refractivity contribution >= 4 is 5.91 Å². The summed E-state index contributed by atoms with van der Waals surface area (Å²) in [5, 5.41) is 10.1. The summed E-state index contributed by atoms with van der Waals surface area (Å²) in [5.74, 6) is -0.193. The van der Waals surface area contributed by atoms with Crippen LogP contribution in [0.5, 0.6) is 0 Å². The third-order valence-corrected chi connectivity index (χ3v) is 3.37. The molecule has 1 unspecified atom stereocenters. The van der Waals surface area contributed by atoms with Crippen LogP contribution in [0.25, 0.3) is 0 Å². The van der Waals surface area contributed by atoms with E-state index in [0.29, 0.717) is 17.7 Å². The van der Waals surface area contributed by atoms with Crippen LogP contribution in [0.3, 0.4) is 0 Å². The first-order chi connectivity index (χ1) is 9.77. The van der Waals surface area contributed by atoms with Crippen LogP contribution >= 0.6 is 0 Å². The number of carbonyl (C=O) groups excluding carboxylic acids is 1. The number of rotatable bonds is 4. The number of hydrogen-bond acceptors (Lipinski definition) is 3. The molecule has 0 radical (unpaired) electrons. The number of nitrogens with zero attached hydrogens (tertiary/aromatic N) is 1. The zero-order valence-corrected chi connectivity index (χ0v) is 10.9. The Hall–Kier alpha value is -2.17. The fourth-order valence-electron chi connectivity index (χ4n) is 2.32. The summed E-state index contributed by atoms with van der Waals surface area (Å²) in [5.41, 5.74) is 2.22. The maximum Gasteiger partial charge on any atom is 0.258 e. The van der Waals surface area contributed by atoms with Crippen molar-refractivity contribution in [2.45, 2.75) is 12.8 Å². The summed E-state index contributed by atoms with van der Waals surface area (Å²) in [6.07, 6.45) is -0.922. The number of ether oxygens (including phenoxy) is 1. The predicted octanol–water partition coefficient (Wildman–Crippen LogP) is 2.31. The molecule has 0 aromatic heterocycles. The number of aliphatic hydroxyl groups is 1. The molecule has 1 amide bonds. The molecule has 2 aromatic carbocycles. The molecule has 20 heavy (non-hydrogen) atoms. The molecule has 1 atom stereocenters. The lowest BCUT2D eigenvalue weighted by Gasteiger charge is -2.20. The Labute approximate surface area is 117 Å². The number of amides is 1. The molecular formula is C16H15NO3. The molecule has 0 saturated heterocycles. The zero-order valence-electron chi connectivity index (χ0n) is 10.9. The van der Waals surface area contributed by atoms with Gasteiger partial charge >= 0.3 is 0 Å². The van der Waals surface area contributed by atoms with Gasteiger partial charge in [-0.05, 0) is 11.6 Å². The molecule has 1 heterocycles. The van der Waals surface area contributed by atoms with Crippen molar-refractivity contribution in [1.29, 1.82) is 0 Å². The smallest absolute Gasteiger partial charge is 0.258 e. The minimum Gasteiger partial charge on any atom is -0.369 e. The first kappa shape index (κ1) is 12.8. The van der Waals surface area contributed by atoms with Crippen LogP contribution in [0.1, 0.15) is 27.7 Å². The second kappa shape index (κ2) is 5.45. The second-order valence-electron chi connectivity index (χ2n) is 4.70. The minimum absolute atomic E-state index is 0.0730. The molecule has 4 nitrogen and oxygen atoms in total. The fourth-order valence-corrected chi connectivity index (χ4v) is 2.32. The van der Waals surface area contributed by atoms with E-state index < -0.39 is 6.23 Å². The van der Waals surface area contributed by atoms with Crippen molar-refractivity contribution in [1.82, 2.24) is 4.90 Å². The standard InChI is InChI=1S/C16H15NO3/c18-15-13-8-4-5-9-14(13)16(19)17(15)11-20-10-12-6-2-1-3-7-12/h1-9,15,18H,10-11H2. The number of aliphatic hydroxyl groups excluding tert-OH is 1. The van der Waals surface area contributed by atoms with Gasteiger partial charge in [0.1, 0.15) is 6.73 Å². The number of hydrogen-bond donors (Lipinski definition) is 1. The average Bonchev–Trinajstić information content (AvgIpc) is 2.74. The maximum atomic E-state index is 12.1. The Kier molecular flexibility index (Phi) is 3.50. The van der Waals surface area contributed by atoms with Gasteiger partial charge < -0.3 is 9.84 Å². The lowest BCUT2D eigenvalue weighted by atomic mass is 10.1. The van der Waals surface area contributed by atoms with Gasteiger partial charge in [-0.15, -0.1) is 0 Å². The fraction of sp³-hybridized carbons (Fsp3) is 0.188. The van der Waals surface area contributed by atoms with Gasteiger partial charge in [-0.2, -0.15) is 0 Å². The van der Waals surface area contributed by atoms with E-state index in [1.807, 2.05) is 36.4 Å². The number of fused-ring (bicyclic) bond motifs is 1. The Balaban J connectivity index is 1.64. The Morgan fingerprint density at radius 3 is 2.50 bits per heavy atom. The van der Waals surface area contributed by atoms with Crippen molar-refractivity contribution in [3.8, 4) is 0 Å². The molecular weight excluding hydrogens is 254 g/mol. The first-order valence-corrected chi connectivity index (χ1v) is 6.47. The van der Waals surface area contributed by atoms with E-state index in [4.69, 9.17) is 4.74 Å². The van der Waals surface area contributed by atoms with E-state index in [-0.39, 0.29) is 12.6 Å². The monoisotopic (exact) mass is 269 g/mol. The van der Waals surface area contributed by atoms with Gasteiger partial charge in [0.25, 0.3) is 5.91 Å². The van der Waals surface area contributed by atoms with E-state index >= 15 is 0 Å². The van der Waals surface area contributed by atoms with Crippen molar-refractivity contribution in [3.63, 3.8) is 0 Å². The minimum atomic E-state index is -0.922. The number of benzene rings is 2. The second-order valence-corrected chi connectivity index (χ2v) is 4.70. The van der Waals surface area contributed by atoms with Crippen molar-refractivity contribution in [3.05, 3.63) is 71.3 Å². The van der Waals surface area contributed by atoms with E-state index in [1.54, 1.807) is 18.2 Å². The summed E-state index contributed by atoms with van der Waals surface area (Å²) in [6, 6.07) is 16.8. The van der Waals surface area contributed by atoms with Gasteiger partial charge in [0.05, 0.1) is 6.61 Å². The quantitative estimate of drug-likeness (QED) is 0.926. The van der Waals surface area contributed by atoms with Crippen molar-refractivity contribution in [2.75, 3.05) is 6.73 Å². The molecule has 1 aliphatic rings. The summed E-state index contributed by atoms with van der Waals surface area (Å²) in [6.45, 7) is 0.483. The van der Waals surface area contributed by atoms with E-state index in [0.717, 1.165) is 5.56 Å². The normalized spacial score (nSPS) is 17.4. The van der Waals surface area contributed by atoms with Crippen LogP contribution in [0, 0.1) is 0 Å². The summed E-state index contributed by atoms with van der Waals surface area (Å²) in [7, 11) is 0. The third-order valence-electron chi connectivity index (χ3n) is 3.37. The summed E-state index contributed by atoms with van der Waals surface area (Å²) < 4.78 is 5.52. The zero-order chi connectivity index (χ0) is 13.9. The molecule has 0 spiro atoms. The largest absolute Gasteiger partial charge is 0.369 e. The van der Waals surface area contributed by atoms with E-state index in [9.17, 15) is 9.90 Å². The lowest BCUT2D eigenvalue weighted by Crippen LogP contribution is -2.30. The highest BCUT2D eigenvalue weighted by Crippen LogP contribution is 2.30. The highest BCUT2D eigenvalue weighted by molar-refractivity contribution is 5.98. The lowest BCUT2D eigenvalue weighted by molar-refractivity contribution is -0.0510. The molecule has 1 aliphatic heterocycles. The summed E-state index contributed by atoms with van der Waals surface area (Å²) in [4.78, 5) is 13.5. The van der Waals surface area contributed by atoms with Crippen LogP contribution in [0.4, 0.5) is 0 Å². The molecule has 0 bridgehead atoms. The van der Waals surface area contributed by atoms with Crippen LogP contribution < -0.4 is 0 Å². The SMILES string of the molecule is O=C1c2ccccc2C(O)N1COCc1ccccc1. The topological polar surface area (TPSA) is 49.8 Å². The van der Waals surface area contributed by atoms with Gasteiger partial charge in [-0.25, -0.2) is 0 Å². The average molecular weight is 269 g/mol. The highest BCUT2D eigenvalue weighted by atomic mass is 16.5. The highest BCUT2D eigenvalue weighted by Gasteiger charge is 2.34. The van der Waals surface area contributed by atoms with Crippen LogP contribution in [-0.2, 0) is 11.3 Å². The van der Waals surface area contributed by atoms with E-state index in [2.05, 4.69) is 0 Å². The van der Waals surface area contributed by atoms with Crippen molar-refractivity contribution in [2.24, 2.45) is 0 Å². The molecule has 4 heteroatoms. The molecule has 1 N–H and O–H groups in total. The number of carbonyl (C=O) groups is 1. The van der Waals surface area contributed by atoms with Gasteiger partial charge in [0.2, 0.25) is 0 Å². The van der Waals surface area contributed by atoms with Gasteiger partial charge in [0, 0.05) is 11.1 Å². The molecule has 102 valence electrons. The van der Waals surface area contributed by atoms with Crippen molar-refractivity contribution < 1.29 is 14.6 Å². The van der Waals surface area contributed by atoms with Crippen LogP contribution in [0.2, 0.25) is 0 Å². The molecule has 0 saturated carbocycles. The third kappa shape index (κ3) is 2.31. The summed E-state index contributed by atoms with van der Waals surface area (Å²) >= 11 is 0. The molecule has 2 aromatic rings. The molecule has 0 fully saturated rings. The Bertz CT molecular complexity index is 612. The van der Waals surface area contributed by atoms with Gasteiger partial charge in [0.15, 0.2) is 6.23 Å². The Morgan fingerprint density at radius 1 is 1.05 bits per heavy atom. The molecule has 0 aliphatic carbocycles. The van der Waals surface area contributed by atoms with Gasteiger partial charge in [-0.1, -0.05) is 48.5 Å². The maximum absolute atomic E-state index is 12.1. The van der Waals surface area contributed by atoms with Crippen LogP contribution in [0.15, 0.2) is 54.6 Å². The van der Waals surface area contributed by atoms with E-state index in [1.165, 1.54) is 4.90 Å². The first-order valence-electron chi connectivity index (χ1n) is 6.47. The molecule has 3 rings (SSSR count). The Morgan fingerprint density at radius 2 is 1.75 bits per heavy atom. The predicted molar refractivity (Wildman–Crippen MR) is 73.7 cm³/mol. The van der Waals surface area contributed by atoms with Gasteiger partial charge in [-0.3, -0.25) is 9.69 Å². The van der Waals surface area contributed by atoms with Crippen LogP contribution in [-0.4, -0.2) is 22.6 Å².